The first-order valence-corrected chi connectivity index (χ1v) is 11.3. The molecule has 7 nitrogen and oxygen atoms in total. The van der Waals surface area contributed by atoms with Crippen molar-refractivity contribution in [2.24, 2.45) is 0 Å². The Labute approximate surface area is 180 Å². The molecule has 1 amide bonds. The third-order valence-corrected chi connectivity index (χ3v) is 7.34. The Hall–Kier alpha value is -3.36. The van der Waals surface area contributed by atoms with Gasteiger partial charge in [-0.1, -0.05) is 24.3 Å². The van der Waals surface area contributed by atoms with Crippen molar-refractivity contribution in [1.82, 2.24) is 4.31 Å². The molecular formula is C23H20N2O5S. The van der Waals surface area contributed by atoms with Crippen LogP contribution in [-0.2, 0) is 23.0 Å². The van der Waals surface area contributed by atoms with Crippen molar-refractivity contribution in [2.45, 2.75) is 17.9 Å². The van der Waals surface area contributed by atoms with E-state index < -0.39 is 10.0 Å². The molecule has 0 atom stereocenters. The summed E-state index contributed by atoms with van der Waals surface area (Å²) in [5, 5.41) is 2.79. The first-order chi connectivity index (χ1) is 15.0. The molecule has 0 unspecified atom stereocenters. The van der Waals surface area contributed by atoms with Gasteiger partial charge >= 0.3 is 0 Å². The van der Waals surface area contributed by atoms with Crippen molar-refractivity contribution < 1.29 is 22.7 Å². The smallest absolute Gasteiger partial charge is 0.255 e. The van der Waals surface area contributed by atoms with Crippen LogP contribution in [0.5, 0.6) is 11.5 Å². The van der Waals surface area contributed by atoms with Gasteiger partial charge in [0.2, 0.25) is 16.8 Å². The van der Waals surface area contributed by atoms with Gasteiger partial charge in [-0.2, -0.15) is 4.31 Å². The lowest BCUT2D eigenvalue weighted by Crippen LogP contribution is -2.35. The minimum Gasteiger partial charge on any atom is -0.454 e. The van der Waals surface area contributed by atoms with Crippen LogP contribution >= 0.6 is 0 Å². The Bertz CT molecular complexity index is 1260. The quantitative estimate of drug-likeness (QED) is 0.678. The fourth-order valence-corrected chi connectivity index (χ4v) is 5.20. The summed E-state index contributed by atoms with van der Waals surface area (Å²) in [6, 6.07) is 19.0. The second kappa shape index (κ2) is 7.72. The number of amides is 1. The Morgan fingerprint density at radius 2 is 1.65 bits per heavy atom. The Kier molecular flexibility index (Phi) is 4.88. The Morgan fingerprint density at radius 1 is 0.903 bits per heavy atom. The fourth-order valence-electron chi connectivity index (χ4n) is 3.78. The van der Waals surface area contributed by atoms with Gasteiger partial charge in [0.25, 0.3) is 5.91 Å². The maximum Gasteiger partial charge on any atom is 0.255 e. The van der Waals surface area contributed by atoms with E-state index >= 15 is 0 Å². The maximum absolute atomic E-state index is 13.1. The van der Waals surface area contributed by atoms with Gasteiger partial charge in [0, 0.05) is 30.4 Å². The van der Waals surface area contributed by atoms with Gasteiger partial charge < -0.3 is 14.8 Å². The number of ether oxygens (including phenoxy) is 2. The van der Waals surface area contributed by atoms with Crippen molar-refractivity contribution in [3.05, 3.63) is 83.4 Å². The zero-order valence-electron chi connectivity index (χ0n) is 16.6. The summed E-state index contributed by atoms with van der Waals surface area (Å²) in [6.45, 7) is 0.946. The molecule has 0 saturated heterocycles. The number of nitrogens with one attached hydrogen (secondary N) is 1. The number of carbonyl (C=O) groups excluding carboxylic acids is 1. The third-order valence-electron chi connectivity index (χ3n) is 5.48. The van der Waals surface area contributed by atoms with E-state index in [4.69, 9.17) is 9.47 Å². The predicted molar refractivity (Wildman–Crippen MR) is 115 cm³/mol. The number of sulfonamides is 1. The molecule has 0 bridgehead atoms. The maximum atomic E-state index is 13.1. The summed E-state index contributed by atoms with van der Waals surface area (Å²) in [5.41, 5.74) is 3.14. The van der Waals surface area contributed by atoms with Crippen LogP contribution in [0.4, 0.5) is 5.69 Å². The summed E-state index contributed by atoms with van der Waals surface area (Å²) < 4.78 is 38.2. The van der Waals surface area contributed by atoms with E-state index in [1.807, 2.05) is 24.3 Å². The van der Waals surface area contributed by atoms with Crippen molar-refractivity contribution >= 4 is 21.6 Å². The Morgan fingerprint density at radius 3 is 2.45 bits per heavy atom. The SMILES string of the molecule is O=C(Nc1ccc2c(c1)OCO2)c1ccc(S(=O)(=O)N2CCc3ccccc3C2)cc1. The number of fused-ring (bicyclic) bond motifs is 2. The summed E-state index contributed by atoms with van der Waals surface area (Å²) in [7, 11) is -3.64. The highest BCUT2D eigenvalue weighted by molar-refractivity contribution is 7.89. The Balaban J connectivity index is 1.31. The molecule has 0 saturated carbocycles. The molecule has 8 heteroatoms. The monoisotopic (exact) mass is 436 g/mol. The molecule has 3 aromatic rings. The first-order valence-electron chi connectivity index (χ1n) is 9.89. The van der Waals surface area contributed by atoms with Crippen molar-refractivity contribution in [3.8, 4) is 11.5 Å². The first kappa shape index (κ1) is 19.6. The van der Waals surface area contributed by atoms with Gasteiger partial charge in [-0.3, -0.25) is 4.79 Å². The second-order valence-electron chi connectivity index (χ2n) is 7.40. The number of carbonyl (C=O) groups is 1. The van der Waals surface area contributed by atoms with Crippen LogP contribution in [0, 0.1) is 0 Å². The van der Waals surface area contributed by atoms with Crippen molar-refractivity contribution in [2.75, 3.05) is 18.7 Å². The molecule has 5 rings (SSSR count). The molecule has 3 aromatic carbocycles. The van der Waals surface area contributed by atoms with Gasteiger partial charge in [-0.15, -0.1) is 0 Å². The lowest BCUT2D eigenvalue weighted by atomic mass is 10.0. The molecule has 2 aliphatic heterocycles. The molecule has 2 aliphatic rings. The summed E-state index contributed by atoms with van der Waals surface area (Å²) in [5.74, 6) is 0.866. The average molecular weight is 436 g/mol. The van der Waals surface area contributed by atoms with Gasteiger partial charge in [0.05, 0.1) is 4.90 Å². The fraction of sp³-hybridized carbons (Fsp3) is 0.174. The zero-order chi connectivity index (χ0) is 21.4. The minimum atomic E-state index is -3.64. The van der Waals surface area contributed by atoms with Crippen LogP contribution in [-0.4, -0.2) is 32.0 Å². The number of benzene rings is 3. The van der Waals surface area contributed by atoms with Crippen molar-refractivity contribution in [1.29, 1.82) is 0 Å². The van der Waals surface area contributed by atoms with E-state index in [2.05, 4.69) is 5.32 Å². The number of rotatable bonds is 4. The third kappa shape index (κ3) is 3.75. The topological polar surface area (TPSA) is 84.9 Å². The van der Waals surface area contributed by atoms with Gasteiger partial charge in [0.1, 0.15) is 0 Å². The van der Waals surface area contributed by atoms with Crippen LogP contribution in [0.2, 0.25) is 0 Å². The number of hydrogen-bond acceptors (Lipinski definition) is 5. The molecule has 158 valence electrons. The second-order valence-corrected chi connectivity index (χ2v) is 9.34. The molecule has 2 heterocycles. The van der Waals surface area contributed by atoms with E-state index in [1.165, 1.54) is 34.1 Å². The summed E-state index contributed by atoms with van der Waals surface area (Å²) in [4.78, 5) is 12.7. The van der Waals surface area contributed by atoms with Crippen LogP contribution in [0.3, 0.4) is 0 Å². The molecular weight excluding hydrogens is 416 g/mol. The van der Waals surface area contributed by atoms with E-state index in [1.54, 1.807) is 18.2 Å². The summed E-state index contributed by atoms with van der Waals surface area (Å²) >= 11 is 0. The number of anilines is 1. The van der Waals surface area contributed by atoms with E-state index in [-0.39, 0.29) is 17.6 Å². The number of hydrogen-bond donors (Lipinski definition) is 1. The average Bonchev–Trinajstić information content (AvgIpc) is 3.27. The van der Waals surface area contributed by atoms with Crippen LogP contribution in [0.1, 0.15) is 21.5 Å². The molecule has 0 fully saturated rings. The van der Waals surface area contributed by atoms with Gasteiger partial charge in [0.15, 0.2) is 11.5 Å². The highest BCUT2D eigenvalue weighted by Gasteiger charge is 2.28. The molecule has 31 heavy (non-hydrogen) atoms. The highest BCUT2D eigenvalue weighted by atomic mass is 32.2. The lowest BCUT2D eigenvalue weighted by Gasteiger charge is -2.28. The summed E-state index contributed by atoms with van der Waals surface area (Å²) in [6.07, 6.45) is 0.686. The van der Waals surface area contributed by atoms with Crippen molar-refractivity contribution in [3.63, 3.8) is 0 Å². The largest absolute Gasteiger partial charge is 0.454 e. The molecule has 0 aromatic heterocycles. The minimum absolute atomic E-state index is 0.158. The lowest BCUT2D eigenvalue weighted by molar-refractivity contribution is 0.102. The zero-order valence-corrected chi connectivity index (χ0v) is 17.4. The highest BCUT2D eigenvalue weighted by Crippen LogP contribution is 2.34. The van der Waals surface area contributed by atoms with E-state index in [0.717, 1.165) is 5.56 Å². The van der Waals surface area contributed by atoms with Crippen LogP contribution < -0.4 is 14.8 Å². The normalized spacial score (nSPS) is 15.4. The predicted octanol–water partition coefficient (Wildman–Crippen LogP) is 3.41. The molecule has 0 spiro atoms. The standard InChI is InChI=1S/C23H20N2O5S/c26-23(24-19-7-10-21-22(13-19)30-15-29-21)17-5-8-20(9-6-17)31(27,28)25-12-11-16-3-1-2-4-18(16)14-25/h1-10,13H,11-12,14-15H2,(H,24,26). The molecule has 0 radical (unpaired) electrons. The van der Waals surface area contributed by atoms with E-state index in [0.29, 0.717) is 42.3 Å². The van der Waals surface area contributed by atoms with Gasteiger partial charge in [-0.05, 0) is 53.9 Å². The number of nitrogens with zero attached hydrogens (tertiary/aromatic N) is 1. The van der Waals surface area contributed by atoms with Crippen LogP contribution in [0.25, 0.3) is 0 Å². The van der Waals surface area contributed by atoms with Gasteiger partial charge in [-0.25, -0.2) is 8.42 Å². The van der Waals surface area contributed by atoms with Crippen LogP contribution in [0.15, 0.2) is 71.6 Å². The molecule has 1 N–H and O–H groups in total. The molecule has 0 aliphatic carbocycles. The van der Waals surface area contributed by atoms with E-state index in [9.17, 15) is 13.2 Å².